The SMILES string of the molecule is COc1ccc(CNC(=O)Nc2cc3c(Br)cn(C(=O)O)c3cn2)cc1. The second-order valence-corrected chi connectivity index (χ2v) is 6.23. The predicted molar refractivity (Wildman–Crippen MR) is 99.7 cm³/mol. The van der Waals surface area contributed by atoms with Gasteiger partial charge in [-0.15, -0.1) is 0 Å². The summed E-state index contributed by atoms with van der Waals surface area (Å²) in [4.78, 5) is 27.3. The summed E-state index contributed by atoms with van der Waals surface area (Å²) in [5.41, 5.74) is 1.35. The minimum absolute atomic E-state index is 0.313. The molecule has 3 rings (SSSR count). The molecule has 3 aromatic rings. The third-order valence-corrected chi connectivity index (χ3v) is 4.33. The van der Waals surface area contributed by atoms with E-state index >= 15 is 0 Å². The van der Waals surface area contributed by atoms with Crippen LogP contribution in [0.3, 0.4) is 0 Å². The van der Waals surface area contributed by atoms with Crippen molar-refractivity contribution >= 4 is 44.8 Å². The highest BCUT2D eigenvalue weighted by atomic mass is 79.9. The van der Waals surface area contributed by atoms with Gasteiger partial charge in [-0.3, -0.25) is 5.32 Å². The molecule has 2 aromatic heterocycles. The molecule has 0 aliphatic carbocycles. The van der Waals surface area contributed by atoms with Crippen LogP contribution in [0.15, 0.2) is 47.2 Å². The molecular formula is C17H15BrN4O4. The number of hydrogen-bond donors (Lipinski definition) is 3. The number of pyridine rings is 1. The van der Waals surface area contributed by atoms with Gasteiger partial charge in [0.25, 0.3) is 0 Å². The Morgan fingerprint density at radius 3 is 2.69 bits per heavy atom. The van der Waals surface area contributed by atoms with E-state index in [1.807, 2.05) is 24.3 Å². The molecule has 1 aromatic carbocycles. The maximum absolute atomic E-state index is 12.0. The number of methoxy groups -OCH3 is 1. The number of carbonyl (C=O) groups is 2. The van der Waals surface area contributed by atoms with E-state index in [0.717, 1.165) is 15.9 Å². The van der Waals surface area contributed by atoms with Crippen LogP contribution in [-0.2, 0) is 6.54 Å². The Labute approximate surface area is 156 Å². The lowest BCUT2D eigenvalue weighted by Crippen LogP contribution is -2.28. The average molecular weight is 419 g/mol. The number of benzene rings is 1. The summed E-state index contributed by atoms with van der Waals surface area (Å²) in [7, 11) is 1.59. The molecule has 3 N–H and O–H groups in total. The third kappa shape index (κ3) is 3.77. The van der Waals surface area contributed by atoms with Gasteiger partial charge in [0.1, 0.15) is 11.6 Å². The smallest absolute Gasteiger partial charge is 0.416 e. The second kappa shape index (κ2) is 7.44. The number of ether oxygens (including phenoxy) is 1. The molecule has 0 aliphatic heterocycles. The van der Waals surface area contributed by atoms with Crippen molar-refractivity contribution in [2.24, 2.45) is 0 Å². The van der Waals surface area contributed by atoms with Crippen LogP contribution in [0.1, 0.15) is 5.56 Å². The fraction of sp³-hybridized carbons (Fsp3) is 0.118. The number of carboxylic acid groups (broad SMARTS) is 1. The van der Waals surface area contributed by atoms with Crippen molar-refractivity contribution in [2.75, 3.05) is 12.4 Å². The highest BCUT2D eigenvalue weighted by Gasteiger charge is 2.13. The molecular weight excluding hydrogens is 404 g/mol. The van der Waals surface area contributed by atoms with Gasteiger partial charge in [0, 0.05) is 22.6 Å². The summed E-state index contributed by atoms with van der Waals surface area (Å²) in [6.07, 6.45) is 1.72. The first-order chi connectivity index (χ1) is 12.5. The lowest BCUT2D eigenvalue weighted by Gasteiger charge is -2.08. The number of anilines is 1. The van der Waals surface area contributed by atoms with Gasteiger partial charge in [0.2, 0.25) is 0 Å². The number of nitrogens with one attached hydrogen (secondary N) is 2. The van der Waals surface area contributed by atoms with Gasteiger partial charge in [-0.1, -0.05) is 12.1 Å². The Balaban J connectivity index is 1.67. The first kappa shape index (κ1) is 17.7. The molecule has 134 valence electrons. The molecule has 0 radical (unpaired) electrons. The standard InChI is InChI=1S/C17H15BrN4O4/c1-26-11-4-2-10(3-5-11)7-20-16(23)21-15-6-12-13(18)9-22(17(24)25)14(12)8-19-15/h2-6,8-9H,7H2,1H3,(H,24,25)(H2,19,20,21,23). The number of aromatic nitrogens is 2. The Morgan fingerprint density at radius 1 is 1.31 bits per heavy atom. The molecule has 9 heteroatoms. The summed E-state index contributed by atoms with van der Waals surface area (Å²) in [6.45, 7) is 0.344. The Kier molecular flexibility index (Phi) is 5.08. The molecule has 0 unspecified atom stereocenters. The summed E-state index contributed by atoms with van der Waals surface area (Å²) in [5, 5.41) is 15.1. The normalized spacial score (nSPS) is 10.5. The topological polar surface area (TPSA) is 105 Å². The van der Waals surface area contributed by atoms with E-state index < -0.39 is 12.1 Å². The van der Waals surface area contributed by atoms with Gasteiger partial charge < -0.3 is 15.2 Å². The van der Waals surface area contributed by atoms with E-state index in [4.69, 9.17) is 9.84 Å². The fourth-order valence-electron chi connectivity index (χ4n) is 2.40. The van der Waals surface area contributed by atoms with Crippen LogP contribution in [-0.4, -0.2) is 33.9 Å². The van der Waals surface area contributed by atoms with Crippen molar-refractivity contribution in [3.05, 3.63) is 52.8 Å². The maximum Gasteiger partial charge on any atom is 0.416 e. The minimum Gasteiger partial charge on any atom is -0.497 e. The predicted octanol–water partition coefficient (Wildman–Crippen LogP) is 3.66. The van der Waals surface area contributed by atoms with Crippen LogP contribution >= 0.6 is 15.9 Å². The van der Waals surface area contributed by atoms with Crippen molar-refractivity contribution in [1.82, 2.24) is 14.9 Å². The summed E-state index contributed by atoms with van der Waals surface area (Å²) < 4.78 is 6.74. The molecule has 0 atom stereocenters. The van der Waals surface area contributed by atoms with Crippen molar-refractivity contribution < 1.29 is 19.4 Å². The van der Waals surface area contributed by atoms with E-state index in [1.165, 1.54) is 12.4 Å². The molecule has 0 saturated heterocycles. The third-order valence-electron chi connectivity index (χ3n) is 3.70. The zero-order valence-electron chi connectivity index (χ0n) is 13.7. The monoisotopic (exact) mass is 418 g/mol. The van der Waals surface area contributed by atoms with Crippen molar-refractivity contribution in [2.45, 2.75) is 6.54 Å². The number of amides is 2. The highest BCUT2D eigenvalue weighted by molar-refractivity contribution is 9.10. The van der Waals surface area contributed by atoms with Gasteiger partial charge in [-0.2, -0.15) is 0 Å². The molecule has 8 nitrogen and oxygen atoms in total. The zero-order chi connectivity index (χ0) is 18.7. The first-order valence-corrected chi connectivity index (χ1v) is 8.35. The van der Waals surface area contributed by atoms with Crippen LogP contribution in [0.4, 0.5) is 15.4 Å². The van der Waals surface area contributed by atoms with E-state index in [-0.39, 0.29) is 0 Å². The molecule has 0 spiro atoms. The summed E-state index contributed by atoms with van der Waals surface area (Å²) in [6, 6.07) is 8.53. The van der Waals surface area contributed by atoms with Crippen LogP contribution in [0.25, 0.3) is 10.9 Å². The van der Waals surface area contributed by atoms with E-state index in [0.29, 0.717) is 27.7 Å². The number of nitrogens with zero attached hydrogens (tertiary/aromatic N) is 2. The van der Waals surface area contributed by atoms with Crippen molar-refractivity contribution in [3.63, 3.8) is 0 Å². The molecule has 0 aliphatic rings. The Bertz CT molecular complexity index is 969. The number of urea groups is 1. The number of carbonyl (C=O) groups excluding carboxylic acids is 1. The summed E-state index contributed by atoms with van der Waals surface area (Å²) >= 11 is 3.31. The van der Waals surface area contributed by atoms with E-state index in [9.17, 15) is 9.59 Å². The van der Waals surface area contributed by atoms with Crippen LogP contribution in [0, 0.1) is 0 Å². The van der Waals surface area contributed by atoms with E-state index in [2.05, 4.69) is 31.5 Å². The van der Waals surface area contributed by atoms with Crippen molar-refractivity contribution in [3.8, 4) is 5.75 Å². The summed E-state index contributed by atoms with van der Waals surface area (Å²) in [5.74, 6) is 1.06. The van der Waals surface area contributed by atoms with Crippen LogP contribution in [0.2, 0.25) is 0 Å². The second-order valence-electron chi connectivity index (χ2n) is 5.37. The lowest BCUT2D eigenvalue weighted by molar-refractivity contribution is 0.197. The fourth-order valence-corrected chi connectivity index (χ4v) is 2.92. The number of fused-ring (bicyclic) bond motifs is 1. The van der Waals surface area contributed by atoms with Gasteiger partial charge in [0.15, 0.2) is 0 Å². The number of halogens is 1. The quantitative estimate of drug-likeness (QED) is 0.599. The lowest BCUT2D eigenvalue weighted by atomic mass is 10.2. The van der Waals surface area contributed by atoms with E-state index in [1.54, 1.807) is 13.2 Å². The first-order valence-electron chi connectivity index (χ1n) is 7.55. The largest absolute Gasteiger partial charge is 0.497 e. The molecule has 0 fully saturated rings. The molecule has 2 amide bonds. The molecule has 0 bridgehead atoms. The maximum atomic E-state index is 12.0. The minimum atomic E-state index is -1.11. The molecule has 0 saturated carbocycles. The van der Waals surface area contributed by atoms with Crippen molar-refractivity contribution in [1.29, 1.82) is 0 Å². The average Bonchev–Trinajstić information content (AvgIpc) is 2.97. The molecule has 2 heterocycles. The van der Waals surface area contributed by atoms with Crippen LogP contribution < -0.4 is 15.4 Å². The Hall–Kier alpha value is -3.07. The number of rotatable bonds is 4. The number of hydrogen-bond acceptors (Lipinski definition) is 4. The van der Waals surface area contributed by atoms with Gasteiger partial charge in [-0.05, 0) is 39.7 Å². The van der Waals surface area contributed by atoms with Crippen LogP contribution in [0.5, 0.6) is 5.75 Å². The van der Waals surface area contributed by atoms with Gasteiger partial charge >= 0.3 is 12.1 Å². The highest BCUT2D eigenvalue weighted by Crippen LogP contribution is 2.27. The zero-order valence-corrected chi connectivity index (χ0v) is 15.3. The van der Waals surface area contributed by atoms with Gasteiger partial charge in [0.05, 0.1) is 18.8 Å². The Morgan fingerprint density at radius 2 is 2.04 bits per heavy atom. The molecule has 26 heavy (non-hydrogen) atoms. The van der Waals surface area contributed by atoms with Gasteiger partial charge in [-0.25, -0.2) is 19.1 Å².